The molecule has 1 aliphatic carbocycles. The molecule has 4 nitrogen and oxygen atoms in total. The number of thioether (sulfide) groups is 1. The lowest BCUT2D eigenvalue weighted by atomic mass is 9.87. The van der Waals surface area contributed by atoms with Crippen molar-refractivity contribution < 1.29 is 0 Å². The Kier molecular flexibility index (Phi) is 7.22. The standard InChI is InChI=1S/C17H32N4S/c1-13(2)12-21-16(19-20-17(21)22-4)9-6-10-18-15-8-5-7-14(3)11-15/h13-15,18H,5-12H2,1-4H3. The molecule has 0 aliphatic heterocycles. The van der Waals surface area contributed by atoms with E-state index in [4.69, 9.17) is 0 Å². The highest BCUT2D eigenvalue weighted by Gasteiger charge is 2.18. The second-order valence-corrected chi connectivity index (χ2v) is 7.91. The first kappa shape index (κ1) is 17.8. The van der Waals surface area contributed by atoms with Gasteiger partial charge in [-0.05, 0) is 43.9 Å². The van der Waals surface area contributed by atoms with Crippen LogP contribution in [0.2, 0.25) is 0 Å². The van der Waals surface area contributed by atoms with Crippen molar-refractivity contribution >= 4 is 11.8 Å². The molecule has 2 atom stereocenters. The zero-order valence-electron chi connectivity index (χ0n) is 14.6. The molecule has 0 spiro atoms. The van der Waals surface area contributed by atoms with Gasteiger partial charge in [-0.15, -0.1) is 10.2 Å². The molecule has 1 saturated carbocycles. The Hall–Kier alpha value is -0.550. The van der Waals surface area contributed by atoms with Crippen LogP contribution < -0.4 is 5.32 Å². The van der Waals surface area contributed by atoms with Crippen LogP contribution in [0.25, 0.3) is 0 Å². The molecule has 1 aromatic heterocycles. The zero-order valence-corrected chi connectivity index (χ0v) is 15.5. The molecule has 0 saturated heterocycles. The number of nitrogens with zero attached hydrogens (tertiary/aromatic N) is 3. The highest BCUT2D eigenvalue weighted by atomic mass is 32.2. The minimum atomic E-state index is 0.627. The maximum atomic E-state index is 4.40. The molecule has 1 N–H and O–H groups in total. The van der Waals surface area contributed by atoms with Crippen LogP contribution in [0.5, 0.6) is 0 Å². The third-order valence-electron chi connectivity index (χ3n) is 4.47. The lowest BCUT2D eigenvalue weighted by molar-refractivity contribution is 0.301. The molecular formula is C17H32N4S. The van der Waals surface area contributed by atoms with E-state index in [2.05, 4.69) is 47.1 Å². The third kappa shape index (κ3) is 5.27. The van der Waals surface area contributed by atoms with Crippen molar-refractivity contribution in [2.75, 3.05) is 12.8 Å². The van der Waals surface area contributed by atoms with Crippen molar-refractivity contribution in [2.24, 2.45) is 11.8 Å². The van der Waals surface area contributed by atoms with Gasteiger partial charge in [-0.1, -0.05) is 45.4 Å². The fourth-order valence-corrected chi connectivity index (χ4v) is 3.90. The summed E-state index contributed by atoms with van der Waals surface area (Å²) in [5, 5.41) is 13.5. The third-order valence-corrected chi connectivity index (χ3v) is 5.14. The Balaban J connectivity index is 1.77. The summed E-state index contributed by atoms with van der Waals surface area (Å²) in [6, 6.07) is 0.735. The predicted molar refractivity (Wildman–Crippen MR) is 94.4 cm³/mol. The predicted octanol–water partition coefficient (Wildman–Crippen LogP) is 3.76. The largest absolute Gasteiger partial charge is 0.314 e. The SMILES string of the molecule is CSc1nnc(CCCNC2CCCC(C)C2)n1CC(C)C. The van der Waals surface area contributed by atoms with Crippen LogP contribution in [0.15, 0.2) is 5.16 Å². The topological polar surface area (TPSA) is 42.7 Å². The number of aryl methyl sites for hydroxylation is 1. The van der Waals surface area contributed by atoms with Crippen LogP contribution in [-0.4, -0.2) is 33.6 Å². The van der Waals surface area contributed by atoms with Crippen molar-refractivity contribution in [2.45, 2.75) is 77.0 Å². The molecule has 1 heterocycles. The molecule has 1 aliphatic rings. The molecular weight excluding hydrogens is 292 g/mol. The maximum absolute atomic E-state index is 4.40. The average Bonchev–Trinajstić information content (AvgIpc) is 2.85. The molecule has 126 valence electrons. The van der Waals surface area contributed by atoms with E-state index in [1.807, 2.05) is 0 Å². The maximum Gasteiger partial charge on any atom is 0.190 e. The van der Waals surface area contributed by atoms with E-state index < -0.39 is 0 Å². The van der Waals surface area contributed by atoms with Crippen LogP contribution in [0.1, 0.15) is 58.7 Å². The fourth-order valence-electron chi connectivity index (χ4n) is 3.38. The van der Waals surface area contributed by atoms with E-state index in [0.29, 0.717) is 5.92 Å². The summed E-state index contributed by atoms with van der Waals surface area (Å²) < 4.78 is 2.30. The van der Waals surface area contributed by atoms with Crippen molar-refractivity contribution in [3.63, 3.8) is 0 Å². The van der Waals surface area contributed by atoms with Crippen LogP contribution in [-0.2, 0) is 13.0 Å². The Labute approximate surface area is 139 Å². The smallest absolute Gasteiger partial charge is 0.190 e. The normalized spacial score (nSPS) is 22.4. The van der Waals surface area contributed by atoms with Gasteiger partial charge in [0, 0.05) is 19.0 Å². The highest BCUT2D eigenvalue weighted by molar-refractivity contribution is 7.98. The van der Waals surface area contributed by atoms with Crippen molar-refractivity contribution in [3.05, 3.63) is 5.82 Å². The first-order valence-corrected chi connectivity index (χ1v) is 10.0. The molecule has 22 heavy (non-hydrogen) atoms. The number of rotatable bonds is 8. The lowest BCUT2D eigenvalue weighted by Crippen LogP contribution is -2.34. The van der Waals surface area contributed by atoms with E-state index in [9.17, 15) is 0 Å². The molecule has 0 radical (unpaired) electrons. The second-order valence-electron chi connectivity index (χ2n) is 7.13. The summed E-state index contributed by atoms with van der Waals surface area (Å²) in [4.78, 5) is 0. The van der Waals surface area contributed by atoms with Gasteiger partial charge in [-0.3, -0.25) is 0 Å². The zero-order chi connectivity index (χ0) is 15.9. The van der Waals surface area contributed by atoms with Gasteiger partial charge < -0.3 is 9.88 Å². The molecule has 2 rings (SSSR count). The van der Waals surface area contributed by atoms with Crippen molar-refractivity contribution in [1.29, 1.82) is 0 Å². The number of nitrogens with one attached hydrogen (secondary N) is 1. The monoisotopic (exact) mass is 324 g/mol. The highest BCUT2D eigenvalue weighted by Crippen LogP contribution is 2.23. The average molecular weight is 325 g/mol. The molecule has 0 amide bonds. The molecule has 0 aromatic carbocycles. The van der Waals surface area contributed by atoms with E-state index in [-0.39, 0.29) is 0 Å². The van der Waals surface area contributed by atoms with Crippen molar-refractivity contribution in [1.82, 2.24) is 20.1 Å². The summed E-state index contributed by atoms with van der Waals surface area (Å²) in [5.74, 6) is 2.67. The first-order valence-electron chi connectivity index (χ1n) is 8.79. The summed E-state index contributed by atoms with van der Waals surface area (Å²) >= 11 is 1.69. The van der Waals surface area contributed by atoms with Gasteiger partial charge in [-0.25, -0.2) is 0 Å². The Morgan fingerprint density at radius 3 is 2.82 bits per heavy atom. The van der Waals surface area contributed by atoms with Crippen LogP contribution in [0.3, 0.4) is 0 Å². The molecule has 1 aromatic rings. The van der Waals surface area contributed by atoms with Crippen LogP contribution in [0.4, 0.5) is 0 Å². The lowest BCUT2D eigenvalue weighted by Gasteiger charge is -2.27. The van der Waals surface area contributed by atoms with Gasteiger partial charge in [-0.2, -0.15) is 0 Å². The van der Waals surface area contributed by atoms with E-state index in [0.717, 1.165) is 48.9 Å². The summed E-state index contributed by atoms with van der Waals surface area (Å²) in [7, 11) is 0. The minimum Gasteiger partial charge on any atom is -0.314 e. The molecule has 2 unspecified atom stereocenters. The quantitative estimate of drug-likeness (QED) is 0.584. The molecule has 1 fully saturated rings. The van der Waals surface area contributed by atoms with Gasteiger partial charge >= 0.3 is 0 Å². The van der Waals surface area contributed by atoms with Crippen LogP contribution >= 0.6 is 11.8 Å². The summed E-state index contributed by atoms with van der Waals surface area (Å²) in [6.07, 6.45) is 9.75. The van der Waals surface area contributed by atoms with Gasteiger partial charge in [0.1, 0.15) is 5.82 Å². The van der Waals surface area contributed by atoms with Gasteiger partial charge in [0.05, 0.1) is 0 Å². The number of hydrogen-bond donors (Lipinski definition) is 1. The van der Waals surface area contributed by atoms with Gasteiger partial charge in [0.15, 0.2) is 5.16 Å². The second kappa shape index (κ2) is 8.92. The van der Waals surface area contributed by atoms with E-state index in [1.54, 1.807) is 11.8 Å². The Morgan fingerprint density at radius 2 is 2.14 bits per heavy atom. The molecule has 5 heteroatoms. The van der Waals surface area contributed by atoms with Crippen LogP contribution in [0, 0.1) is 11.8 Å². The Morgan fingerprint density at radius 1 is 1.32 bits per heavy atom. The molecule has 0 bridgehead atoms. The number of hydrogen-bond acceptors (Lipinski definition) is 4. The van der Waals surface area contributed by atoms with Gasteiger partial charge in [0.2, 0.25) is 0 Å². The van der Waals surface area contributed by atoms with Gasteiger partial charge in [0.25, 0.3) is 0 Å². The summed E-state index contributed by atoms with van der Waals surface area (Å²) in [5.41, 5.74) is 0. The summed E-state index contributed by atoms with van der Waals surface area (Å²) in [6.45, 7) is 9.00. The van der Waals surface area contributed by atoms with E-state index in [1.165, 1.54) is 25.7 Å². The minimum absolute atomic E-state index is 0.627. The number of aromatic nitrogens is 3. The first-order chi connectivity index (χ1) is 10.6. The fraction of sp³-hybridized carbons (Fsp3) is 0.882. The van der Waals surface area contributed by atoms with E-state index >= 15 is 0 Å². The Bertz CT molecular complexity index is 444. The van der Waals surface area contributed by atoms with Crippen molar-refractivity contribution in [3.8, 4) is 0 Å².